The normalized spacial score (nSPS) is 13.4. The molecule has 2 N–H and O–H groups in total. The molecule has 0 saturated carbocycles. The maximum Gasteiger partial charge on any atom is 0.191 e. The van der Waals surface area contributed by atoms with E-state index in [2.05, 4.69) is 15.6 Å². The summed E-state index contributed by atoms with van der Waals surface area (Å²) < 4.78 is 15.3. The van der Waals surface area contributed by atoms with Crippen LogP contribution in [0.2, 0.25) is 0 Å². The number of nitrogens with one attached hydrogen (secondary N) is 2. The smallest absolute Gasteiger partial charge is 0.191 e. The number of methoxy groups -OCH3 is 2. The van der Waals surface area contributed by atoms with Crippen molar-refractivity contribution in [1.82, 2.24) is 10.6 Å². The summed E-state index contributed by atoms with van der Waals surface area (Å²) in [6.45, 7) is 8.00. The second-order valence-electron chi connectivity index (χ2n) is 3.87. The molecule has 0 aromatic rings. The van der Waals surface area contributed by atoms with Crippen molar-refractivity contribution in [3.05, 3.63) is 0 Å². The van der Waals surface area contributed by atoms with Gasteiger partial charge in [0.2, 0.25) is 0 Å². The molecule has 6 nitrogen and oxygen atoms in total. The topological polar surface area (TPSA) is 64.1 Å². The van der Waals surface area contributed by atoms with Gasteiger partial charge in [-0.1, -0.05) is 0 Å². The molecule has 108 valence electrons. The molecule has 0 aromatic carbocycles. The Labute approximate surface area is 110 Å². The van der Waals surface area contributed by atoms with Gasteiger partial charge in [0.15, 0.2) is 5.96 Å². The Morgan fingerprint density at radius 3 is 2.56 bits per heavy atom. The number of aliphatic imine (C=N–C) groups is 1. The van der Waals surface area contributed by atoms with Crippen LogP contribution in [0, 0.1) is 0 Å². The minimum atomic E-state index is 0.224. The van der Waals surface area contributed by atoms with Crippen LogP contribution in [-0.4, -0.2) is 65.7 Å². The lowest BCUT2D eigenvalue weighted by atomic mass is 10.4. The van der Waals surface area contributed by atoms with Crippen molar-refractivity contribution in [2.45, 2.75) is 19.9 Å². The maximum atomic E-state index is 5.34. The van der Waals surface area contributed by atoms with Crippen molar-refractivity contribution in [3.8, 4) is 0 Å². The number of nitrogens with zero attached hydrogens (tertiary/aromatic N) is 1. The van der Waals surface area contributed by atoms with Gasteiger partial charge < -0.3 is 24.8 Å². The number of ether oxygens (including phenoxy) is 3. The lowest BCUT2D eigenvalue weighted by Gasteiger charge is -2.16. The Bertz CT molecular complexity index is 213. The largest absolute Gasteiger partial charge is 0.383 e. The first-order valence-electron chi connectivity index (χ1n) is 6.35. The van der Waals surface area contributed by atoms with E-state index in [1.807, 2.05) is 13.8 Å². The summed E-state index contributed by atoms with van der Waals surface area (Å²) in [5.41, 5.74) is 0. The molecular formula is C12H27N3O3. The zero-order valence-electron chi connectivity index (χ0n) is 12.0. The molecule has 0 fully saturated rings. The minimum Gasteiger partial charge on any atom is -0.383 e. The molecule has 0 aromatic heterocycles. The van der Waals surface area contributed by atoms with Gasteiger partial charge in [0.05, 0.1) is 33.0 Å². The molecule has 0 saturated heterocycles. The van der Waals surface area contributed by atoms with E-state index < -0.39 is 0 Å². The fourth-order valence-electron chi connectivity index (χ4n) is 1.31. The lowest BCUT2D eigenvalue weighted by molar-refractivity contribution is 0.0748. The minimum absolute atomic E-state index is 0.224. The molecule has 0 heterocycles. The van der Waals surface area contributed by atoms with Crippen LogP contribution < -0.4 is 10.6 Å². The van der Waals surface area contributed by atoms with Gasteiger partial charge >= 0.3 is 0 Å². The van der Waals surface area contributed by atoms with E-state index in [4.69, 9.17) is 14.2 Å². The number of hydrogen-bond donors (Lipinski definition) is 2. The third-order valence-corrected chi connectivity index (χ3v) is 2.08. The number of rotatable bonds is 10. The lowest BCUT2D eigenvalue weighted by Crippen LogP contribution is -2.44. The van der Waals surface area contributed by atoms with Gasteiger partial charge in [-0.25, -0.2) is 0 Å². The fraction of sp³-hybridized carbons (Fsp3) is 0.917. The van der Waals surface area contributed by atoms with Crippen LogP contribution in [0.5, 0.6) is 0 Å². The summed E-state index contributed by atoms with van der Waals surface area (Å²) in [5, 5.41) is 6.43. The summed E-state index contributed by atoms with van der Waals surface area (Å²) in [7, 11) is 3.35. The molecule has 0 amide bonds. The molecule has 0 rings (SSSR count). The van der Waals surface area contributed by atoms with Gasteiger partial charge in [0, 0.05) is 26.8 Å². The number of guanidine groups is 1. The predicted octanol–water partition coefficient (Wildman–Crippen LogP) is 0.239. The van der Waals surface area contributed by atoms with E-state index in [-0.39, 0.29) is 6.04 Å². The Balaban J connectivity index is 3.84. The third-order valence-electron chi connectivity index (χ3n) is 2.08. The van der Waals surface area contributed by atoms with Crippen molar-refractivity contribution in [2.75, 3.05) is 53.7 Å². The first kappa shape index (κ1) is 17.2. The summed E-state index contributed by atoms with van der Waals surface area (Å²) in [6, 6.07) is 0.224. The molecule has 0 radical (unpaired) electrons. The molecular weight excluding hydrogens is 234 g/mol. The second kappa shape index (κ2) is 12.6. The third kappa shape index (κ3) is 10.3. The van der Waals surface area contributed by atoms with Crippen molar-refractivity contribution in [3.63, 3.8) is 0 Å². The summed E-state index contributed by atoms with van der Waals surface area (Å²) in [6.07, 6.45) is 0. The van der Waals surface area contributed by atoms with Crippen molar-refractivity contribution in [1.29, 1.82) is 0 Å². The zero-order chi connectivity index (χ0) is 13.6. The molecule has 0 bridgehead atoms. The quantitative estimate of drug-likeness (QED) is 0.335. The van der Waals surface area contributed by atoms with Crippen LogP contribution in [0.25, 0.3) is 0 Å². The van der Waals surface area contributed by atoms with E-state index in [1.165, 1.54) is 0 Å². The highest BCUT2D eigenvalue weighted by Crippen LogP contribution is 1.84. The Morgan fingerprint density at radius 1 is 1.17 bits per heavy atom. The summed E-state index contributed by atoms with van der Waals surface area (Å²) in [4.78, 5) is 4.41. The van der Waals surface area contributed by atoms with Gasteiger partial charge in [-0.2, -0.15) is 0 Å². The van der Waals surface area contributed by atoms with Gasteiger partial charge in [-0.15, -0.1) is 0 Å². The van der Waals surface area contributed by atoms with E-state index in [1.54, 1.807) is 14.2 Å². The van der Waals surface area contributed by atoms with Gasteiger partial charge in [-0.3, -0.25) is 4.99 Å². The van der Waals surface area contributed by atoms with Crippen LogP contribution >= 0.6 is 0 Å². The van der Waals surface area contributed by atoms with Crippen LogP contribution in [-0.2, 0) is 14.2 Å². The van der Waals surface area contributed by atoms with E-state index in [0.29, 0.717) is 33.0 Å². The van der Waals surface area contributed by atoms with Crippen LogP contribution in [0.1, 0.15) is 13.8 Å². The van der Waals surface area contributed by atoms with Crippen LogP contribution in [0.4, 0.5) is 0 Å². The summed E-state index contributed by atoms with van der Waals surface area (Å²) in [5.74, 6) is 0.789. The molecule has 18 heavy (non-hydrogen) atoms. The van der Waals surface area contributed by atoms with Crippen molar-refractivity contribution >= 4 is 5.96 Å². The van der Waals surface area contributed by atoms with E-state index in [9.17, 15) is 0 Å². The first-order valence-corrected chi connectivity index (χ1v) is 6.35. The molecule has 1 atom stereocenters. The SMILES string of the molecule is CCNC(=NCCOCCOC)NC(C)COC. The van der Waals surface area contributed by atoms with Gasteiger partial charge in [0.25, 0.3) is 0 Å². The van der Waals surface area contributed by atoms with Gasteiger partial charge in [-0.05, 0) is 13.8 Å². The Kier molecular flexibility index (Phi) is 12.0. The van der Waals surface area contributed by atoms with Crippen molar-refractivity contribution in [2.24, 2.45) is 4.99 Å². The summed E-state index contributed by atoms with van der Waals surface area (Å²) >= 11 is 0. The second-order valence-corrected chi connectivity index (χ2v) is 3.87. The first-order chi connectivity index (χ1) is 8.74. The van der Waals surface area contributed by atoms with E-state index in [0.717, 1.165) is 12.5 Å². The number of hydrogen-bond acceptors (Lipinski definition) is 4. The highest BCUT2D eigenvalue weighted by atomic mass is 16.5. The fourth-order valence-corrected chi connectivity index (χ4v) is 1.31. The average Bonchev–Trinajstić information content (AvgIpc) is 2.34. The molecule has 0 spiro atoms. The zero-order valence-corrected chi connectivity index (χ0v) is 12.0. The maximum absolute atomic E-state index is 5.34. The average molecular weight is 261 g/mol. The highest BCUT2D eigenvalue weighted by molar-refractivity contribution is 5.80. The molecule has 0 aliphatic heterocycles. The highest BCUT2D eigenvalue weighted by Gasteiger charge is 2.03. The van der Waals surface area contributed by atoms with E-state index >= 15 is 0 Å². The van der Waals surface area contributed by atoms with Crippen LogP contribution in [0.15, 0.2) is 4.99 Å². The molecule has 0 aliphatic carbocycles. The van der Waals surface area contributed by atoms with Crippen molar-refractivity contribution < 1.29 is 14.2 Å². The van der Waals surface area contributed by atoms with Gasteiger partial charge in [0.1, 0.15) is 0 Å². The molecule has 6 heteroatoms. The molecule has 0 aliphatic rings. The Morgan fingerprint density at radius 2 is 1.94 bits per heavy atom. The Hall–Kier alpha value is -0.850. The predicted molar refractivity (Wildman–Crippen MR) is 73.1 cm³/mol. The monoisotopic (exact) mass is 261 g/mol. The standard InChI is InChI=1S/C12H27N3O3/c1-5-13-12(15-11(2)10-17-4)14-6-7-18-9-8-16-3/h11H,5-10H2,1-4H3,(H2,13,14,15). The molecule has 1 unspecified atom stereocenters. The van der Waals surface area contributed by atoms with Crippen LogP contribution in [0.3, 0.4) is 0 Å².